The molecule has 122 valence electrons. The fraction of sp³-hybridized carbons (Fsp3) is 0.0833. The molecule has 0 aliphatic heterocycles. The lowest BCUT2D eigenvalue weighted by Gasteiger charge is -2.11. The predicted molar refractivity (Wildman–Crippen MR) is 108 cm³/mol. The second kappa shape index (κ2) is 6.78. The Morgan fingerprint density at radius 2 is 1.04 bits per heavy atom. The van der Waals surface area contributed by atoms with Gasteiger partial charge in [-0.3, -0.25) is 0 Å². The molecule has 0 bridgehead atoms. The van der Waals surface area contributed by atoms with E-state index in [4.69, 9.17) is 0 Å². The third-order valence-corrected chi connectivity index (χ3v) is 6.77. The van der Waals surface area contributed by atoms with Gasteiger partial charge in [0.1, 0.15) is 0 Å². The van der Waals surface area contributed by atoms with Crippen LogP contribution in [0, 0.1) is 13.8 Å². The van der Waals surface area contributed by atoms with Gasteiger partial charge in [-0.1, -0.05) is 65.7 Å². The summed E-state index contributed by atoms with van der Waals surface area (Å²) in [5, 5.41) is 2.64. The molecular weight excluding hydrogens is 320 g/mol. The second-order valence-electron chi connectivity index (χ2n) is 6.41. The fourth-order valence-electron chi connectivity index (χ4n) is 3.11. The van der Waals surface area contributed by atoms with Crippen LogP contribution in [0.2, 0.25) is 0 Å². The van der Waals surface area contributed by atoms with E-state index < -0.39 is 0 Å². The molecule has 0 heterocycles. The highest BCUT2D eigenvalue weighted by atomic mass is 32.2. The largest absolute Gasteiger partial charge is 0.174 e. The highest BCUT2D eigenvalue weighted by Crippen LogP contribution is 2.35. The van der Waals surface area contributed by atoms with E-state index in [0.29, 0.717) is 0 Å². The summed E-state index contributed by atoms with van der Waals surface area (Å²) in [6, 6.07) is 33.3. The molecular formula is C24H21S+. The van der Waals surface area contributed by atoms with Crippen molar-refractivity contribution in [2.75, 3.05) is 0 Å². The van der Waals surface area contributed by atoms with Crippen LogP contribution in [-0.4, -0.2) is 0 Å². The van der Waals surface area contributed by atoms with Crippen LogP contribution in [0.15, 0.2) is 106 Å². The third kappa shape index (κ3) is 3.20. The Morgan fingerprint density at radius 1 is 0.520 bits per heavy atom. The predicted octanol–water partition coefficient (Wildman–Crippen LogP) is 6.55. The number of hydrogen-bond donors (Lipinski definition) is 0. The molecule has 4 aromatic rings. The number of aryl methyl sites for hydroxylation is 2. The number of rotatable bonds is 3. The Bertz CT molecular complexity index is 947. The molecule has 0 nitrogen and oxygen atoms in total. The van der Waals surface area contributed by atoms with Gasteiger partial charge in [-0.15, -0.1) is 0 Å². The maximum atomic E-state index is 2.28. The van der Waals surface area contributed by atoms with Crippen molar-refractivity contribution in [3.05, 3.63) is 102 Å². The quantitative estimate of drug-likeness (QED) is 0.371. The Labute approximate surface area is 152 Å². The molecule has 0 fully saturated rings. The zero-order valence-corrected chi connectivity index (χ0v) is 15.4. The lowest BCUT2D eigenvalue weighted by molar-refractivity contribution is 1.30. The van der Waals surface area contributed by atoms with Crippen LogP contribution in [0.5, 0.6) is 0 Å². The van der Waals surface area contributed by atoms with Crippen molar-refractivity contribution in [3.63, 3.8) is 0 Å². The summed E-state index contributed by atoms with van der Waals surface area (Å²) in [5.74, 6) is 0. The molecule has 0 unspecified atom stereocenters. The van der Waals surface area contributed by atoms with E-state index in [0.717, 1.165) is 0 Å². The molecule has 0 aliphatic rings. The molecule has 0 aliphatic carbocycles. The average molecular weight is 341 g/mol. The first-order chi connectivity index (χ1) is 12.2. The van der Waals surface area contributed by atoms with Crippen LogP contribution in [0.25, 0.3) is 10.8 Å². The van der Waals surface area contributed by atoms with Gasteiger partial charge in [0, 0.05) is 5.39 Å². The van der Waals surface area contributed by atoms with Crippen molar-refractivity contribution < 1.29 is 0 Å². The van der Waals surface area contributed by atoms with Crippen LogP contribution < -0.4 is 0 Å². The number of fused-ring (bicyclic) bond motifs is 1. The summed E-state index contributed by atoms with van der Waals surface area (Å²) in [7, 11) is -0.106. The minimum Gasteiger partial charge on any atom is -0.0616 e. The molecule has 0 saturated carbocycles. The second-order valence-corrected chi connectivity index (χ2v) is 8.40. The topological polar surface area (TPSA) is 0 Å². The summed E-state index contributed by atoms with van der Waals surface area (Å²) in [6.07, 6.45) is 0. The Balaban J connectivity index is 1.96. The number of benzene rings is 4. The van der Waals surface area contributed by atoms with Crippen molar-refractivity contribution in [1.82, 2.24) is 0 Å². The minimum atomic E-state index is -0.106. The van der Waals surface area contributed by atoms with Gasteiger partial charge in [0.2, 0.25) is 0 Å². The molecule has 0 aromatic heterocycles. The summed E-state index contributed by atoms with van der Waals surface area (Å²) in [4.78, 5) is 4.13. The van der Waals surface area contributed by atoms with Gasteiger partial charge >= 0.3 is 0 Å². The molecule has 0 atom stereocenters. The SMILES string of the molecule is Cc1ccc([S+](c2ccc(C)cc2)c2cccc3ccccc23)cc1. The van der Waals surface area contributed by atoms with Crippen molar-refractivity contribution in [3.8, 4) is 0 Å². The maximum Gasteiger partial charge on any atom is 0.174 e. The normalized spacial score (nSPS) is 11.2. The first-order valence-electron chi connectivity index (χ1n) is 8.58. The molecule has 0 amide bonds. The Morgan fingerprint density at radius 3 is 1.64 bits per heavy atom. The highest BCUT2D eigenvalue weighted by Gasteiger charge is 2.30. The van der Waals surface area contributed by atoms with Crippen LogP contribution in [-0.2, 0) is 10.9 Å². The zero-order valence-electron chi connectivity index (χ0n) is 14.6. The first-order valence-corrected chi connectivity index (χ1v) is 9.80. The zero-order chi connectivity index (χ0) is 17.2. The first kappa shape index (κ1) is 16.0. The summed E-state index contributed by atoms with van der Waals surface area (Å²) >= 11 is 0. The molecule has 0 saturated heterocycles. The van der Waals surface area contributed by atoms with E-state index in [9.17, 15) is 0 Å². The van der Waals surface area contributed by atoms with Gasteiger partial charge in [-0.25, -0.2) is 0 Å². The van der Waals surface area contributed by atoms with Crippen molar-refractivity contribution in [1.29, 1.82) is 0 Å². The van der Waals surface area contributed by atoms with Gasteiger partial charge in [-0.2, -0.15) is 0 Å². The van der Waals surface area contributed by atoms with Gasteiger partial charge in [0.05, 0.1) is 10.9 Å². The Hall–Kier alpha value is -2.51. The van der Waals surface area contributed by atoms with E-state index >= 15 is 0 Å². The van der Waals surface area contributed by atoms with Crippen LogP contribution in [0.3, 0.4) is 0 Å². The molecule has 0 N–H and O–H groups in total. The van der Waals surface area contributed by atoms with Crippen LogP contribution in [0.4, 0.5) is 0 Å². The van der Waals surface area contributed by atoms with Gasteiger partial charge in [-0.05, 0) is 55.6 Å². The molecule has 1 heteroatoms. The van der Waals surface area contributed by atoms with Crippen molar-refractivity contribution in [2.45, 2.75) is 28.5 Å². The Kier molecular flexibility index (Phi) is 4.33. The monoisotopic (exact) mass is 341 g/mol. The molecule has 4 aromatic carbocycles. The van der Waals surface area contributed by atoms with Crippen LogP contribution >= 0.6 is 0 Å². The van der Waals surface area contributed by atoms with Gasteiger partial charge < -0.3 is 0 Å². The summed E-state index contributed by atoms with van der Waals surface area (Å²) < 4.78 is 0. The average Bonchev–Trinajstić information content (AvgIpc) is 2.65. The highest BCUT2D eigenvalue weighted by molar-refractivity contribution is 7.97. The van der Waals surface area contributed by atoms with E-state index in [1.807, 2.05) is 0 Å². The molecule has 25 heavy (non-hydrogen) atoms. The van der Waals surface area contributed by atoms with Crippen LogP contribution in [0.1, 0.15) is 11.1 Å². The maximum absolute atomic E-state index is 2.28. The van der Waals surface area contributed by atoms with Crippen molar-refractivity contribution in [2.24, 2.45) is 0 Å². The number of hydrogen-bond acceptors (Lipinski definition) is 0. The summed E-state index contributed by atoms with van der Waals surface area (Å²) in [5.41, 5.74) is 2.60. The molecule has 4 rings (SSSR count). The van der Waals surface area contributed by atoms with E-state index in [-0.39, 0.29) is 10.9 Å². The van der Waals surface area contributed by atoms with Gasteiger partial charge in [0.25, 0.3) is 0 Å². The minimum absolute atomic E-state index is 0.106. The molecule has 0 radical (unpaired) electrons. The lowest BCUT2D eigenvalue weighted by Crippen LogP contribution is -2.05. The fourth-order valence-corrected chi connectivity index (χ4v) is 5.33. The standard InChI is InChI=1S/C24H21S/c1-18-10-14-21(15-11-18)25(22-16-12-19(2)13-17-22)24-9-5-7-20-6-3-4-8-23(20)24/h3-17H,1-2H3/q+1. The van der Waals surface area contributed by atoms with E-state index in [2.05, 4.69) is 105 Å². The summed E-state index contributed by atoms with van der Waals surface area (Å²) in [6.45, 7) is 4.29. The van der Waals surface area contributed by atoms with E-state index in [1.54, 1.807) is 0 Å². The third-order valence-electron chi connectivity index (χ3n) is 4.48. The van der Waals surface area contributed by atoms with E-state index in [1.165, 1.54) is 36.6 Å². The lowest BCUT2D eigenvalue weighted by atomic mass is 10.1. The molecule has 0 spiro atoms. The van der Waals surface area contributed by atoms with Gasteiger partial charge in [0.15, 0.2) is 14.7 Å². The smallest absolute Gasteiger partial charge is 0.0616 e. The van der Waals surface area contributed by atoms with Crippen molar-refractivity contribution >= 4 is 21.7 Å².